The highest BCUT2D eigenvalue weighted by Crippen LogP contribution is 2.61. The second-order valence-corrected chi connectivity index (χ2v) is 15.6. The van der Waals surface area contributed by atoms with Crippen LogP contribution in [-0.4, -0.2) is 19.2 Å². The minimum Gasteiger partial charge on any atom is -0.369 e. The van der Waals surface area contributed by atoms with Crippen molar-refractivity contribution in [2.45, 2.75) is 35.3 Å². The molecule has 0 bridgehead atoms. The van der Waals surface area contributed by atoms with Crippen molar-refractivity contribution in [3.05, 3.63) is 62.9 Å². The summed E-state index contributed by atoms with van der Waals surface area (Å²) in [5, 5.41) is 2.75. The van der Waals surface area contributed by atoms with Crippen molar-refractivity contribution in [1.29, 1.82) is 0 Å². The van der Waals surface area contributed by atoms with Crippen LogP contribution in [0.2, 0.25) is 25.2 Å². The van der Waals surface area contributed by atoms with Gasteiger partial charge in [0, 0.05) is 9.37 Å². The SMILES string of the molecule is C[Si]1(C)CC(C(N)=O)(C2=c3ccccc3=C3c4ccc(Br)cc4SC32)C1. The van der Waals surface area contributed by atoms with Crippen LogP contribution in [0.15, 0.2) is 51.8 Å². The third kappa shape index (κ3) is 2.14. The first kappa shape index (κ1) is 16.8. The average Bonchev–Trinajstić information content (AvgIpc) is 3.05. The minimum atomic E-state index is -1.32. The fraction of sp³-hybridized carbons (Fsp3) is 0.286. The van der Waals surface area contributed by atoms with E-state index in [9.17, 15) is 4.79 Å². The predicted molar refractivity (Wildman–Crippen MR) is 114 cm³/mol. The number of carbonyl (C=O) groups is 1. The van der Waals surface area contributed by atoms with Gasteiger partial charge in [0.15, 0.2) is 0 Å². The maximum Gasteiger partial charge on any atom is 0.227 e. The number of amides is 1. The molecule has 0 saturated carbocycles. The number of nitrogens with two attached hydrogens (primary N) is 1. The van der Waals surface area contributed by atoms with E-state index in [0.717, 1.165) is 16.6 Å². The third-order valence-electron chi connectivity index (χ3n) is 6.06. The Balaban J connectivity index is 1.80. The van der Waals surface area contributed by atoms with Crippen LogP contribution >= 0.6 is 27.7 Å². The summed E-state index contributed by atoms with van der Waals surface area (Å²) in [6.45, 7) is 4.74. The molecule has 132 valence electrons. The van der Waals surface area contributed by atoms with Gasteiger partial charge in [0.25, 0.3) is 0 Å². The Hall–Kier alpha value is -1.30. The average molecular weight is 442 g/mol. The van der Waals surface area contributed by atoms with Gasteiger partial charge in [0.1, 0.15) is 0 Å². The van der Waals surface area contributed by atoms with Crippen molar-refractivity contribution in [2.24, 2.45) is 11.1 Å². The maximum atomic E-state index is 12.7. The Labute approximate surface area is 166 Å². The lowest BCUT2D eigenvalue weighted by molar-refractivity contribution is -0.124. The lowest BCUT2D eigenvalue weighted by Gasteiger charge is -2.52. The summed E-state index contributed by atoms with van der Waals surface area (Å²) in [4.78, 5) is 14.0. The van der Waals surface area contributed by atoms with Gasteiger partial charge in [-0.1, -0.05) is 59.4 Å². The van der Waals surface area contributed by atoms with Crippen molar-refractivity contribution in [2.75, 3.05) is 0 Å². The van der Waals surface area contributed by atoms with E-state index in [1.54, 1.807) is 0 Å². The van der Waals surface area contributed by atoms with Crippen molar-refractivity contribution < 1.29 is 4.79 Å². The first-order chi connectivity index (χ1) is 12.3. The molecule has 1 saturated heterocycles. The van der Waals surface area contributed by atoms with Gasteiger partial charge in [-0.3, -0.25) is 4.79 Å². The van der Waals surface area contributed by atoms with Crippen LogP contribution in [0.5, 0.6) is 0 Å². The predicted octanol–water partition coefficient (Wildman–Crippen LogP) is 3.48. The maximum absolute atomic E-state index is 12.7. The number of rotatable bonds is 2. The standard InChI is InChI=1S/C21H20BrNOSSi/c1-26(2)10-21(11-26,20(23)24)18-14-6-4-3-5-13(14)17-15-8-7-12(22)9-16(15)25-19(17)18/h3-9,19H,10-11H2,1-2H3,(H2,23,24). The largest absolute Gasteiger partial charge is 0.369 e. The summed E-state index contributed by atoms with van der Waals surface area (Å²) < 4.78 is 1.10. The summed E-state index contributed by atoms with van der Waals surface area (Å²) in [6, 6.07) is 17.0. The van der Waals surface area contributed by atoms with Crippen LogP contribution in [0.1, 0.15) is 5.56 Å². The van der Waals surface area contributed by atoms with Gasteiger partial charge in [-0.15, -0.1) is 11.8 Å². The fourth-order valence-electron chi connectivity index (χ4n) is 5.32. The number of hydrogen-bond donors (Lipinski definition) is 1. The molecule has 1 aliphatic carbocycles. The molecule has 5 heteroatoms. The topological polar surface area (TPSA) is 43.1 Å². The lowest BCUT2D eigenvalue weighted by atomic mass is 9.78. The van der Waals surface area contributed by atoms with Crippen molar-refractivity contribution in [3.63, 3.8) is 0 Å². The van der Waals surface area contributed by atoms with E-state index in [1.807, 2.05) is 11.8 Å². The van der Waals surface area contributed by atoms with Gasteiger partial charge in [-0.05, 0) is 51.4 Å². The Morgan fingerprint density at radius 1 is 1.19 bits per heavy atom. The van der Waals surface area contributed by atoms with Gasteiger partial charge in [-0.2, -0.15) is 0 Å². The minimum absolute atomic E-state index is 0.131. The summed E-state index contributed by atoms with van der Waals surface area (Å²) in [7, 11) is -1.32. The van der Waals surface area contributed by atoms with Crippen molar-refractivity contribution >= 4 is 52.8 Å². The molecule has 2 aliphatic heterocycles. The van der Waals surface area contributed by atoms with E-state index < -0.39 is 13.5 Å². The molecule has 2 aromatic rings. The van der Waals surface area contributed by atoms with E-state index in [-0.39, 0.29) is 11.2 Å². The number of primary amides is 1. The van der Waals surface area contributed by atoms with E-state index >= 15 is 0 Å². The molecule has 26 heavy (non-hydrogen) atoms. The van der Waals surface area contributed by atoms with Gasteiger partial charge in [0.2, 0.25) is 5.91 Å². The van der Waals surface area contributed by atoms with Crippen LogP contribution in [0.4, 0.5) is 0 Å². The highest BCUT2D eigenvalue weighted by molar-refractivity contribution is 9.10. The number of halogens is 1. The van der Waals surface area contributed by atoms with Crippen LogP contribution < -0.4 is 16.2 Å². The molecule has 1 unspecified atom stereocenters. The number of carbonyl (C=O) groups excluding carboxylic acids is 1. The molecule has 0 aromatic heterocycles. The highest BCUT2D eigenvalue weighted by Gasteiger charge is 2.59. The van der Waals surface area contributed by atoms with E-state index in [4.69, 9.17) is 5.73 Å². The van der Waals surface area contributed by atoms with Crippen LogP contribution in [0.3, 0.4) is 0 Å². The molecular formula is C21H20BrNOSSi. The summed E-state index contributed by atoms with van der Waals surface area (Å²) in [6.07, 6.45) is 0. The molecule has 2 aromatic carbocycles. The first-order valence-corrected chi connectivity index (χ1v) is 14.0. The zero-order valence-corrected chi connectivity index (χ0v) is 18.2. The van der Waals surface area contributed by atoms with Crippen molar-refractivity contribution in [3.8, 4) is 0 Å². The molecular weight excluding hydrogens is 422 g/mol. The normalized spacial score (nSPS) is 23.9. The van der Waals surface area contributed by atoms with Gasteiger partial charge in [0.05, 0.1) is 18.7 Å². The Bertz CT molecular complexity index is 1100. The summed E-state index contributed by atoms with van der Waals surface area (Å²) in [5.41, 5.74) is 9.54. The smallest absolute Gasteiger partial charge is 0.227 e. The Kier molecular flexibility index (Phi) is 3.48. The molecule has 1 fully saturated rings. The van der Waals surface area contributed by atoms with Gasteiger partial charge in [-0.25, -0.2) is 0 Å². The quantitative estimate of drug-likeness (QED) is 0.724. The monoisotopic (exact) mass is 441 g/mol. The summed E-state index contributed by atoms with van der Waals surface area (Å²) >= 11 is 5.48. The molecule has 3 aliphatic rings. The number of thioether (sulfide) groups is 1. The van der Waals surface area contributed by atoms with E-state index in [2.05, 4.69) is 71.5 Å². The van der Waals surface area contributed by atoms with Crippen molar-refractivity contribution in [1.82, 2.24) is 0 Å². The molecule has 2 N–H and O–H groups in total. The molecule has 0 spiro atoms. The first-order valence-electron chi connectivity index (χ1n) is 8.93. The Morgan fingerprint density at radius 2 is 1.88 bits per heavy atom. The van der Waals surface area contributed by atoms with Crippen LogP contribution in [-0.2, 0) is 4.79 Å². The number of hydrogen-bond acceptors (Lipinski definition) is 2. The molecule has 5 rings (SSSR count). The molecule has 1 atom stereocenters. The fourth-order valence-corrected chi connectivity index (χ4v) is 11.3. The van der Waals surface area contributed by atoms with E-state index in [1.165, 1.54) is 32.0 Å². The summed E-state index contributed by atoms with van der Waals surface area (Å²) in [5.74, 6) is -0.131. The van der Waals surface area contributed by atoms with E-state index in [0.29, 0.717) is 0 Å². The number of benzene rings is 2. The second-order valence-electron chi connectivity index (χ2n) is 8.48. The third-order valence-corrected chi connectivity index (χ3v) is 11.0. The zero-order valence-electron chi connectivity index (χ0n) is 14.8. The van der Waals surface area contributed by atoms with Gasteiger partial charge >= 0.3 is 0 Å². The van der Waals surface area contributed by atoms with Gasteiger partial charge < -0.3 is 5.73 Å². The highest BCUT2D eigenvalue weighted by atomic mass is 79.9. The Morgan fingerprint density at radius 3 is 2.54 bits per heavy atom. The molecule has 1 amide bonds. The van der Waals surface area contributed by atoms with Crippen LogP contribution in [0.25, 0.3) is 11.1 Å². The molecule has 0 radical (unpaired) electrons. The molecule has 2 heterocycles. The molecule has 2 nitrogen and oxygen atoms in total. The zero-order chi connectivity index (χ0) is 18.3. The number of fused-ring (bicyclic) bond motifs is 4. The van der Waals surface area contributed by atoms with Crippen LogP contribution in [0, 0.1) is 5.41 Å². The second kappa shape index (κ2) is 5.37. The lowest BCUT2D eigenvalue weighted by Crippen LogP contribution is -2.59.